The summed E-state index contributed by atoms with van der Waals surface area (Å²) in [7, 11) is 0. The molecule has 0 radical (unpaired) electrons. The van der Waals surface area contributed by atoms with Gasteiger partial charge in [0, 0.05) is 24.7 Å². The Morgan fingerprint density at radius 1 is 1.39 bits per heavy atom. The smallest absolute Gasteiger partial charge is 0.187 e. The first-order valence-corrected chi connectivity index (χ1v) is 6.92. The highest BCUT2D eigenvalue weighted by molar-refractivity contribution is 7.99. The van der Waals surface area contributed by atoms with Crippen molar-refractivity contribution < 1.29 is 4.42 Å². The van der Waals surface area contributed by atoms with Gasteiger partial charge in [-0.2, -0.15) is 0 Å². The van der Waals surface area contributed by atoms with Crippen molar-refractivity contribution in [3.05, 3.63) is 42.1 Å². The predicted octanol–water partition coefficient (Wildman–Crippen LogP) is 2.82. The first-order chi connectivity index (χ1) is 8.75. The Labute approximate surface area is 111 Å². The molecule has 2 aromatic rings. The van der Waals surface area contributed by atoms with E-state index < -0.39 is 0 Å². The zero-order valence-corrected chi connectivity index (χ0v) is 11.4. The Kier molecular flexibility index (Phi) is 4.78. The van der Waals surface area contributed by atoms with E-state index in [0.717, 1.165) is 28.8 Å². The van der Waals surface area contributed by atoms with Crippen LogP contribution in [0.15, 0.2) is 40.4 Å². The van der Waals surface area contributed by atoms with Crippen LogP contribution in [0.5, 0.6) is 0 Å². The molecule has 2 heterocycles. The highest BCUT2D eigenvalue weighted by Gasteiger charge is 2.06. The molecule has 0 aliphatic carbocycles. The van der Waals surface area contributed by atoms with Gasteiger partial charge in [-0.15, -0.1) is 0 Å². The molecular weight excluding hydrogens is 246 g/mol. The lowest BCUT2D eigenvalue weighted by molar-refractivity contribution is 0.438. The van der Waals surface area contributed by atoms with Gasteiger partial charge in [0.1, 0.15) is 5.76 Å². The van der Waals surface area contributed by atoms with Crippen LogP contribution in [0.25, 0.3) is 0 Å². The number of aryl methyl sites for hydroxylation is 1. The standard InChI is InChI=1S/C13H17N3OS/c1-10-8-15-13(16-9-10)18-7-5-14-11(2)12-4-3-6-17-12/h3-4,6,8-9,11,14H,5,7H2,1-2H3. The molecule has 5 heteroatoms. The molecule has 18 heavy (non-hydrogen) atoms. The fraction of sp³-hybridized carbons (Fsp3) is 0.385. The molecule has 0 saturated heterocycles. The van der Waals surface area contributed by atoms with Crippen LogP contribution >= 0.6 is 11.8 Å². The number of furan rings is 1. The largest absolute Gasteiger partial charge is 0.468 e. The third-order valence-electron chi connectivity index (χ3n) is 2.51. The molecule has 0 bridgehead atoms. The van der Waals surface area contributed by atoms with E-state index in [4.69, 9.17) is 4.42 Å². The Morgan fingerprint density at radius 2 is 2.17 bits per heavy atom. The average Bonchev–Trinajstić information content (AvgIpc) is 2.90. The van der Waals surface area contributed by atoms with Crippen molar-refractivity contribution in [2.24, 2.45) is 0 Å². The quantitative estimate of drug-likeness (QED) is 0.493. The lowest BCUT2D eigenvalue weighted by atomic mass is 10.2. The topological polar surface area (TPSA) is 51.0 Å². The SMILES string of the molecule is Cc1cnc(SCCNC(C)c2ccco2)nc1. The third kappa shape index (κ3) is 3.85. The summed E-state index contributed by atoms with van der Waals surface area (Å²) >= 11 is 1.65. The molecule has 1 unspecified atom stereocenters. The summed E-state index contributed by atoms with van der Waals surface area (Å²) in [6.45, 7) is 4.97. The van der Waals surface area contributed by atoms with Crippen molar-refractivity contribution in [2.75, 3.05) is 12.3 Å². The lowest BCUT2D eigenvalue weighted by Crippen LogP contribution is -2.20. The van der Waals surface area contributed by atoms with E-state index in [9.17, 15) is 0 Å². The Morgan fingerprint density at radius 3 is 2.83 bits per heavy atom. The highest BCUT2D eigenvalue weighted by Crippen LogP contribution is 2.14. The highest BCUT2D eigenvalue weighted by atomic mass is 32.2. The second kappa shape index (κ2) is 6.56. The molecule has 1 N–H and O–H groups in total. The van der Waals surface area contributed by atoms with Crippen LogP contribution in [-0.4, -0.2) is 22.3 Å². The molecule has 96 valence electrons. The molecule has 0 aliphatic rings. The van der Waals surface area contributed by atoms with E-state index in [-0.39, 0.29) is 6.04 Å². The monoisotopic (exact) mass is 263 g/mol. The molecule has 0 fully saturated rings. The zero-order valence-electron chi connectivity index (χ0n) is 10.6. The number of rotatable bonds is 6. The van der Waals surface area contributed by atoms with E-state index in [1.165, 1.54) is 0 Å². The van der Waals surface area contributed by atoms with Gasteiger partial charge in [0.25, 0.3) is 0 Å². The van der Waals surface area contributed by atoms with Gasteiger partial charge in [0.2, 0.25) is 0 Å². The minimum atomic E-state index is 0.236. The molecule has 0 amide bonds. The summed E-state index contributed by atoms with van der Waals surface area (Å²) in [5, 5.41) is 4.22. The van der Waals surface area contributed by atoms with Crippen LogP contribution in [0.3, 0.4) is 0 Å². The Hall–Kier alpha value is -1.33. The minimum absolute atomic E-state index is 0.236. The van der Waals surface area contributed by atoms with Crippen molar-refractivity contribution >= 4 is 11.8 Å². The molecule has 2 rings (SSSR count). The number of nitrogens with zero attached hydrogens (tertiary/aromatic N) is 2. The zero-order chi connectivity index (χ0) is 12.8. The third-order valence-corrected chi connectivity index (χ3v) is 3.39. The van der Waals surface area contributed by atoms with Crippen LogP contribution in [0, 0.1) is 6.92 Å². The van der Waals surface area contributed by atoms with Crippen molar-refractivity contribution in [3.8, 4) is 0 Å². The summed E-state index contributed by atoms with van der Waals surface area (Å²) in [6.07, 6.45) is 5.38. The van der Waals surface area contributed by atoms with E-state index in [0.29, 0.717) is 0 Å². The van der Waals surface area contributed by atoms with Crippen LogP contribution in [0.1, 0.15) is 24.3 Å². The van der Waals surface area contributed by atoms with Crippen LogP contribution in [-0.2, 0) is 0 Å². The second-order valence-corrected chi connectivity index (χ2v) is 5.14. The molecule has 0 aliphatic heterocycles. The van der Waals surface area contributed by atoms with Gasteiger partial charge in [0.05, 0.1) is 12.3 Å². The van der Waals surface area contributed by atoms with E-state index in [1.54, 1.807) is 18.0 Å². The number of aromatic nitrogens is 2. The van der Waals surface area contributed by atoms with Crippen LogP contribution in [0.2, 0.25) is 0 Å². The fourth-order valence-electron chi connectivity index (χ4n) is 1.51. The minimum Gasteiger partial charge on any atom is -0.468 e. The molecule has 0 spiro atoms. The van der Waals surface area contributed by atoms with E-state index >= 15 is 0 Å². The lowest BCUT2D eigenvalue weighted by Gasteiger charge is -2.10. The van der Waals surface area contributed by atoms with Crippen molar-refractivity contribution in [1.82, 2.24) is 15.3 Å². The molecular formula is C13H17N3OS. The maximum absolute atomic E-state index is 5.33. The Bertz CT molecular complexity index is 456. The predicted molar refractivity (Wildman–Crippen MR) is 72.6 cm³/mol. The first-order valence-electron chi connectivity index (χ1n) is 5.94. The second-order valence-electron chi connectivity index (χ2n) is 4.08. The van der Waals surface area contributed by atoms with Crippen molar-refractivity contribution in [3.63, 3.8) is 0 Å². The summed E-state index contributed by atoms with van der Waals surface area (Å²) < 4.78 is 5.33. The normalized spacial score (nSPS) is 12.6. The number of hydrogen-bond acceptors (Lipinski definition) is 5. The molecule has 0 aromatic carbocycles. The van der Waals surface area contributed by atoms with Gasteiger partial charge in [-0.1, -0.05) is 11.8 Å². The number of thioether (sulfide) groups is 1. The molecule has 1 atom stereocenters. The molecule has 2 aromatic heterocycles. The number of hydrogen-bond donors (Lipinski definition) is 1. The maximum atomic E-state index is 5.33. The van der Waals surface area contributed by atoms with Gasteiger partial charge >= 0.3 is 0 Å². The van der Waals surface area contributed by atoms with Crippen LogP contribution < -0.4 is 5.32 Å². The molecule has 0 saturated carbocycles. The molecule has 4 nitrogen and oxygen atoms in total. The van der Waals surface area contributed by atoms with Gasteiger partial charge < -0.3 is 9.73 Å². The Balaban J connectivity index is 1.68. The average molecular weight is 263 g/mol. The summed E-state index contributed by atoms with van der Waals surface area (Å²) in [5.41, 5.74) is 1.09. The van der Waals surface area contributed by atoms with Crippen molar-refractivity contribution in [2.45, 2.75) is 25.0 Å². The van der Waals surface area contributed by atoms with Gasteiger partial charge in [-0.25, -0.2) is 9.97 Å². The van der Waals surface area contributed by atoms with E-state index in [1.807, 2.05) is 31.5 Å². The summed E-state index contributed by atoms with van der Waals surface area (Å²) in [6, 6.07) is 4.12. The summed E-state index contributed by atoms with van der Waals surface area (Å²) in [4.78, 5) is 8.50. The van der Waals surface area contributed by atoms with E-state index in [2.05, 4.69) is 22.2 Å². The first kappa shape index (κ1) is 13.1. The summed E-state index contributed by atoms with van der Waals surface area (Å²) in [5.74, 6) is 1.90. The van der Waals surface area contributed by atoms with Gasteiger partial charge in [0.15, 0.2) is 5.16 Å². The van der Waals surface area contributed by atoms with Crippen molar-refractivity contribution in [1.29, 1.82) is 0 Å². The van der Waals surface area contributed by atoms with Crippen LogP contribution in [0.4, 0.5) is 0 Å². The van der Waals surface area contributed by atoms with Gasteiger partial charge in [-0.3, -0.25) is 0 Å². The van der Waals surface area contributed by atoms with Gasteiger partial charge in [-0.05, 0) is 31.5 Å². The fourth-order valence-corrected chi connectivity index (χ4v) is 2.17. The maximum Gasteiger partial charge on any atom is 0.187 e. The number of nitrogens with one attached hydrogen (secondary N) is 1.